The summed E-state index contributed by atoms with van der Waals surface area (Å²) in [6.45, 7) is 4.33. The van der Waals surface area contributed by atoms with Crippen LogP contribution in [0.15, 0.2) is 64.7 Å². The van der Waals surface area contributed by atoms with E-state index in [0.717, 1.165) is 15.9 Å². The lowest BCUT2D eigenvalue weighted by Gasteiger charge is -2.09. The van der Waals surface area contributed by atoms with Crippen LogP contribution in [0, 0.1) is 0 Å². The van der Waals surface area contributed by atoms with Crippen molar-refractivity contribution in [1.82, 2.24) is 14.8 Å². The first-order valence-corrected chi connectivity index (χ1v) is 10.7. The van der Waals surface area contributed by atoms with Crippen molar-refractivity contribution in [2.24, 2.45) is 0 Å². The number of aromatic nitrogens is 3. The molecule has 1 aromatic heterocycles. The van der Waals surface area contributed by atoms with Gasteiger partial charge in [-0.3, -0.25) is 9.36 Å². The number of carbonyl (C=O) groups excluding carboxylic acids is 1. The lowest BCUT2D eigenvalue weighted by molar-refractivity contribution is -0.113. The molecule has 3 rings (SSSR count). The molecule has 144 valence electrons. The summed E-state index contributed by atoms with van der Waals surface area (Å²) in [6, 6.07) is 12.7. The van der Waals surface area contributed by atoms with Crippen molar-refractivity contribution in [3.05, 3.63) is 69.6 Å². The molecule has 0 unspecified atom stereocenters. The predicted molar refractivity (Wildman–Crippen MR) is 119 cm³/mol. The van der Waals surface area contributed by atoms with E-state index in [4.69, 9.17) is 23.2 Å². The highest BCUT2D eigenvalue weighted by molar-refractivity contribution is 9.10. The molecule has 0 aliphatic rings. The predicted octanol–water partition coefficient (Wildman–Crippen LogP) is 5.93. The number of carbonyl (C=O) groups is 1. The molecule has 0 spiro atoms. The molecule has 0 atom stereocenters. The molecule has 28 heavy (non-hydrogen) atoms. The molecule has 0 aliphatic heterocycles. The summed E-state index contributed by atoms with van der Waals surface area (Å²) in [5.74, 6) is 0.720. The second-order valence-electron chi connectivity index (χ2n) is 5.68. The third-order valence-corrected chi connectivity index (χ3v) is 5.90. The van der Waals surface area contributed by atoms with Gasteiger partial charge in [-0.2, -0.15) is 0 Å². The van der Waals surface area contributed by atoms with Gasteiger partial charge in [0.2, 0.25) is 5.91 Å². The Labute approximate surface area is 185 Å². The van der Waals surface area contributed by atoms with Gasteiger partial charge in [0.15, 0.2) is 11.0 Å². The van der Waals surface area contributed by atoms with Gasteiger partial charge in [-0.25, -0.2) is 0 Å². The van der Waals surface area contributed by atoms with Gasteiger partial charge in [-0.05, 0) is 30.3 Å². The number of nitrogens with zero attached hydrogens (tertiary/aromatic N) is 3. The molecule has 0 saturated carbocycles. The fourth-order valence-corrected chi connectivity index (χ4v) is 3.71. The Kier molecular flexibility index (Phi) is 7.18. The van der Waals surface area contributed by atoms with E-state index in [1.807, 2.05) is 28.8 Å². The minimum atomic E-state index is -0.179. The quantitative estimate of drug-likeness (QED) is 0.324. The molecule has 3 aromatic rings. The fourth-order valence-electron chi connectivity index (χ4n) is 2.40. The summed E-state index contributed by atoms with van der Waals surface area (Å²) < 4.78 is 2.91. The second-order valence-corrected chi connectivity index (χ2v) is 8.35. The minimum Gasteiger partial charge on any atom is -0.325 e. The highest BCUT2D eigenvalue weighted by Gasteiger charge is 2.15. The summed E-state index contributed by atoms with van der Waals surface area (Å²) >= 11 is 16.6. The lowest BCUT2D eigenvalue weighted by atomic mass is 10.2. The zero-order valence-electron chi connectivity index (χ0n) is 14.5. The maximum Gasteiger partial charge on any atom is 0.234 e. The number of thioether (sulfide) groups is 1. The second kappa shape index (κ2) is 9.60. The van der Waals surface area contributed by atoms with Crippen LogP contribution in [-0.4, -0.2) is 26.4 Å². The average Bonchev–Trinajstić information content (AvgIpc) is 3.07. The molecule has 0 fully saturated rings. The summed E-state index contributed by atoms with van der Waals surface area (Å²) in [5.41, 5.74) is 1.52. The van der Waals surface area contributed by atoms with Crippen LogP contribution in [0.5, 0.6) is 0 Å². The average molecular weight is 498 g/mol. The molecule has 2 aromatic carbocycles. The number of rotatable bonds is 7. The number of hydrogen-bond acceptors (Lipinski definition) is 4. The summed E-state index contributed by atoms with van der Waals surface area (Å²) in [5, 5.41) is 12.8. The van der Waals surface area contributed by atoms with Gasteiger partial charge in [0.05, 0.1) is 15.8 Å². The largest absolute Gasteiger partial charge is 0.325 e. The van der Waals surface area contributed by atoms with Crippen molar-refractivity contribution in [2.45, 2.75) is 11.7 Å². The number of halogens is 3. The van der Waals surface area contributed by atoms with Gasteiger partial charge >= 0.3 is 0 Å². The molecule has 0 bridgehead atoms. The van der Waals surface area contributed by atoms with Gasteiger partial charge in [0.1, 0.15) is 0 Å². The monoisotopic (exact) mass is 496 g/mol. The van der Waals surface area contributed by atoms with E-state index in [2.05, 4.69) is 38.0 Å². The van der Waals surface area contributed by atoms with Crippen molar-refractivity contribution in [2.75, 3.05) is 11.1 Å². The molecule has 1 N–H and O–H groups in total. The number of hydrogen-bond donors (Lipinski definition) is 1. The minimum absolute atomic E-state index is 0.176. The Bertz CT molecular complexity index is 1010. The Morgan fingerprint density at radius 1 is 1.18 bits per heavy atom. The highest BCUT2D eigenvalue weighted by atomic mass is 79.9. The van der Waals surface area contributed by atoms with Crippen LogP contribution in [0.25, 0.3) is 11.4 Å². The molecule has 5 nitrogen and oxygen atoms in total. The molecular formula is C19H15BrCl2N4OS. The van der Waals surface area contributed by atoms with Crippen LogP contribution in [0.4, 0.5) is 5.69 Å². The number of anilines is 1. The van der Waals surface area contributed by atoms with E-state index in [1.165, 1.54) is 11.8 Å². The molecule has 0 radical (unpaired) electrons. The number of benzene rings is 2. The Hall–Kier alpha value is -1.80. The zero-order chi connectivity index (χ0) is 20.1. The van der Waals surface area contributed by atoms with Gasteiger partial charge in [0.25, 0.3) is 0 Å². The van der Waals surface area contributed by atoms with E-state index in [-0.39, 0.29) is 11.7 Å². The molecule has 0 aliphatic carbocycles. The third kappa shape index (κ3) is 5.17. The van der Waals surface area contributed by atoms with E-state index >= 15 is 0 Å². The zero-order valence-corrected chi connectivity index (χ0v) is 18.4. The summed E-state index contributed by atoms with van der Waals surface area (Å²) in [6.07, 6.45) is 1.77. The van der Waals surface area contributed by atoms with Crippen LogP contribution in [-0.2, 0) is 11.3 Å². The van der Waals surface area contributed by atoms with E-state index in [9.17, 15) is 4.79 Å². The maximum atomic E-state index is 12.3. The lowest BCUT2D eigenvalue weighted by Crippen LogP contribution is -2.14. The molecule has 9 heteroatoms. The summed E-state index contributed by atoms with van der Waals surface area (Å²) in [4.78, 5) is 12.3. The van der Waals surface area contributed by atoms with Crippen molar-refractivity contribution in [3.8, 4) is 11.4 Å². The van der Waals surface area contributed by atoms with Crippen molar-refractivity contribution >= 4 is 62.5 Å². The van der Waals surface area contributed by atoms with E-state index < -0.39 is 0 Å². The van der Waals surface area contributed by atoms with Gasteiger partial charge < -0.3 is 5.32 Å². The molecule has 1 amide bonds. The molecule has 1 heterocycles. The fraction of sp³-hybridized carbons (Fsp3) is 0.105. The first kappa shape index (κ1) is 20.9. The van der Waals surface area contributed by atoms with Crippen molar-refractivity contribution in [3.63, 3.8) is 0 Å². The van der Waals surface area contributed by atoms with Gasteiger partial charge in [-0.15, -0.1) is 16.8 Å². The number of nitrogens with one attached hydrogen (secondary N) is 1. The van der Waals surface area contributed by atoms with Gasteiger partial charge in [-0.1, -0.05) is 69.1 Å². The molecular weight excluding hydrogens is 483 g/mol. The van der Waals surface area contributed by atoms with Crippen LogP contribution in [0.2, 0.25) is 10.0 Å². The number of allylic oxidation sites excluding steroid dienone is 1. The van der Waals surface area contributed by atoms with Crippen molar-refractivity contribution in [1.29, 1.82) is 0 Å². The molecule has 0 saturated heterocycles. The van der Waals surface area contributed by atoms with Crippen LogP contribution in [0.3, 0.4) is 0 Å². The third-order valence-electron chi connectivity index (χ3n) is 3.67. The van der Waals surface area contributed by atoms with E-state index in [1.54, 1.807) is 24.3 Å². The normalized spacial score (nSPS) is 10.7. The first-order chi connectivity index (χ1) is 13.5. The maximum absolute atomic E-state index is 12.3. The number of amides is 1. The standard InChI is InChI=1S/C19H15BrCl2N4OS/c1-2-9-26-18(12-3-5-13(20)6-4-12)24-25-19(26)28-11-17(27)23-14-7-8-15(21)16(22)10-14/h2-8,10H,1,9,11H2,(H,23,27). The SMILES string of the molecule is C=CCn1c(SCC(=O)Nc2ccc(Cl)c(Cl)c2)nnc1-c1ccc(Br)cc1. The van der Waals surface area contributed by atoms with Crippen LogP contribution >= 0.6 is 50.9 Å². The van der Waals surface area contributed by atoms with E-state index in [0.29, 0.717) is 27.4 Å². The Balaban J connectivity index is 1.71. The topological polar surface area (TPSA) is 59.8 Å². The van der Waals surface area contributed by atoms with Crippen LogP contribution < -0.4 is 5.32 Å². The Morgan fingerprint density at radius 3 is 2.61 bits per heavy atom. The van der Waals surface area contributed by atoms with Gasteiger partial charge in [0, 0.05) is 22.3 Å². The smallest absolute Gasteiger partial charge is 0.234 e. The highest BCUT2D eigenvalue weighted by Crippen LogP contribution is 2.27. The van der Waals surface area contributed by atoms with Crippen molar-refractivity contribution < 1.29 is 4.79 Å². The Morgan fingerprint density at radius 2 is 1.93 bits per heavy atom. The van der Waals surface area contributed by atoms with Crippen LogP contribution in [0.1, 0.15) is 0 Å². The summed E-state index contributed by atoms with van der Waals surface area (Å²) in [7, 11) is 0. The first-order valence-electron chi connectivity index (χ1n) is 8.15.